The first-order valence-corrected chi connectivity index (χ1v) is 7.57. The van der Waals surface area contributed by atoms with Crippen LogP contribution < -0.4 is 15.5 Å². The average molecular weight is 335 g/mol. The fourth-order valence-electron chi connectivity index (χ4n) is 2.30. The van der Waals surface area contributed by atoms with Gasteiger partial charge < -0.3 is 23.7 Å². The van der Waals surface area contributed by atoms with E-state index >= 15 is 0 Å². The van der Waals surface area contributed by atoms with Crippen molar-refractivity contribution in [2.24, 2.45) is 0 Å². The highest BCUT2D eigenvalue weighted by molar-refractivity contribution is 5.89. The van der Waals surface area contributed by atoms with E-state index < -0.39 is 5.91 Å². The van der Waals surface area contributed by atoms with Crippen LogP contribution in [-0.4, -0.2) is 35.3 Å². The van der Waals surface area contributed by atoms with Gasteiger partial charge in [-0.2, -0.15) is 4.98 Å². The highest BCUT2D eigenvalue weighted by atomic mass is 16.5. The van der Waals surface area contributed by atoms with Gasteiger partial charge in [0.25, 0.3) is 0 Å². The predicted molar refractivity (Wildman–Crippen MR) is 79.7 cm³/mol. The Hall–Kier alpha value is -2.68. The summed E-state index contributed by atoms with van der Waals surface area (Å²) in [6.07, 6.45) is 3.23. The van der Waals surface area contributed by atoms with Crippen LogP contribution in [0.4, 0.5) is 0 Å². The Morgan fingerprint density at radius 2 is 2.38 bits per heavy atom. The molecule has 9 heteroatoms. The van der Waals surface area contributed by atoms with E-state index in [1.807, 2.05) is 0 Å². The largest absolute Gasteiger partial charge is 0.478 e. The number of carbonyl (C=O) groups is 1. The van der Waals surface area contributed by atoms with E-state index in [-0.39, 0.29) is 35.6 Å². The predicted octanol–water partition coefficient (Wildman–Crippen LogP) is 0.819. The van der Waals surface area contributed by atoms with Crippen molar-refractivity contribution in [2.45, 2.75) is 32.5 Å². The molecule has 0 bridgehead atoms. The van der Waals surface area contributed by atoms with Gasteiger partial charge in [0.1, 0.15) is 5.76 Å². The molecule has 0 radical (unpaired) electrons. The summed E-state index contributed by atoms with van der Waals surface area (Å²) in [5, 5.41) is 6.34. The SMILES string of the molecule is Cc1occc(=O)c1OCc1noc(C(=O)NCC2CCCO2)n1. The van der Waals surface area contributed by atoms with Crippen LogP contribution in [0, 0.1) is 6.92 Å². The number of amides is 1. The molecule has 0 aliphatic carbocycles. The summed E-state index contributed by atoms with van der Waals surface area (Å²) >= 11 is 0. The van der Waals surface area contributed by atoms with E-state index in [2.05, 4.69) is 15.5 Å². The van der Waals surface area contributed by atoms with Crippen LogP contribution in [0.3, 0.4) is 0 Å². The minimum absolute atomic E-state index is 0.0277. The van der Waals surface area contributed by atoms with Gasteiger partial charge in [-0.15, -0.1) is 0 Å². The maximum atomic E-state index is 11.9. The number of hydrogen-bond donors (Lipinski definition) is 1. The summed E-state index contributed by atoms with van der Waals surface area (Å²) in [6.45, 7) is 2.61. The summed E-state index contributed by atoms with van der Waals surface area (Å²) in [5.41, 5.74) is -0.309. The third-order valence-electron chi connectivity index (χ3n) is 3.53. The van der Waals surface area contributed by atoms with Crippen LogP contribution in [-0.2, 0) is 11.3 Å². The average Bonchev–Trinajstić information content (AvgIpc) is 3.24. The molecule has 3 heterocycles. The molecule has 1 saturated heterocycles. The third-order valence-corrected chi connectivity index (χ3v) is 3.53. The number of carbonyl (C=O) groups excluding carboxylic acids is 1. The maximum Gasteiger partial charge on any atom is 0.316 e. The summed E-state index contributed by atoms with van der Waals surface area (Å²) in [4.78, 5) is 27.5. The Kier molecular flexibility index (Phi) is 4.90. The molecule has 1 amide bonds. The lowest BCUT2D eigenvalue weighted by Gasteiger charge is -2.08. The quantitative estimate of drug-likeness (QED) is 0.824. The van der Waals surface area contributed by atoms with Gasteiger partial charge in [-0.25, -0.2) is 0 Å². The summed E-state index contributed by atoms with van der Waals surface area (Å²) in [5.74, 6) is -0.0600. The number of aromatic nitrogens is 2. The lowest BCUT2D eigenvalue weighted by molar-refractivity contribution is 0.0822. The number of rotatable bonds is 6. The van der Waals surface area contributed by atoms with Gasteiger partial charge in [-0.05, 0) is 19.8 Å². The normalized spacial score (nSPS) is 17.0. The van der Waals surface area contributed by atoms with E-state index in [9.17, 15) is 9.59 Å². The van der Waals surface area contributed by atoms with Crippen LogP contribution in [0.2, 0.25) is 0 Å². The van der Waals surface area contributed by atoms with Gasteiger partial charge in [-0.1, -0.05) is 5.16 Å². The number of ether oxygens (including phenoxy) is 2. The summed E-state index contributed by atoms with van der Waals surface area (Å²) in [6, 6.07) is 1.25. The van der Waals surface area contributed by atoms with Crippen molar-refractivity contribution in [3.8, 4) is 5.75 Å². The topological polar surface area (TPSA) is 117 Å². The standard InChI is InChI=1S/C15H17N3O6/c1-9-13(11(19)4-6-21-9)23-8-12-17-15(24-18-12)14(20)16-7-10-3-2-5-22-10/h4,6,10H,2-3,5,7-8H2,1H3,(H,16,20). The van der Waals surface area contributed by atoms with E-state index in [0.717, 1.165) is 19.4 Å². The highest BCUT2D eigenvalue weighted by Gasteiger charge is 2.20. The second-order valence-electron chi connectivity index (χ2n) is 5.32. The van der Waals surface area contributed by atoms with E-state index in [0.29, 0.717) is 12.3 Å². The number of nitrogens with zero attached hydrogens (tertiary/aromatic N) is 2. The maximum absolute atomic E-state index is 11.9. The number of hydrogen-bond acceptors (Lipinski definition) is 8. The molecule has 1 unspecified atom stereocenters. The molecule has 2 aromatic rings. The number of aryl methyl sites for hydroxylation is 1. The van der Waals surface area contributed by atoms with Gasteiger partial charge in [0.2, 0.25) is 17.0 Å². The summed E-state index contributed by atoms with van der Waals surface area (Å²) < 4.78 is 20.7. The van der Waals surface area contributed by atoms with E-state index in [1.54, 1.807) is 6.92 Å². The lowest BCUT2D eigenvalue weighted by Crippen LogP contribution is -2.31. The minimum atomic E-state index is -0.473. The van der Waals surface area contributed by atoms with Crippen LogP contribution in [0.1, 0.15) is 35.1 Å². The van der Waals surface area contributed by atoms with Gasteiger partial charge >= 0.3 is 11.8 Å². The van der Waals surface area contributed by atoms with Gasteiger partial charge in [0.05, 0.1) is 12.4 Å². The van der Waals surface area contributed by atoms with Crippen LogP contribution in [0.15, 0.2) is 26.1 Å². The molecule has 128 valence electrons. The summed E-state index contributed by atoms with van der Waals surface area (Å²) in [7, 11) is 0. The van der Waals surface area contributed by atoms with Crippen molar-refractivity contribution in [1.82, 2.24) is 15.5 Å². The van der Waals surface area contributed by atoms with Crippen LogP contribution in [0.25, 0.3) is 0 Å². The zero-order chi connectivity index (χ0) is 16.9. The fourth-order valence-corrected chi connectivity index (χ4v) is 2.30. The molecule has 3 rings (SSSR count). The second kappa shape index (κ2) is 7.26. The molecule has 24 heavy (non-hydrogen) atoms. The van der Waals surface area contributed by atoms with Crippen molar-refractivity contribution in [2.75, 3.05) is 13.2 Å². The molecule has 0 spiro atoms. The van der Waals surface area contributed by atoms with Crippen molar-refractivity contribution >= 4 is 5.91 Å². The van der Waals surface area contributed by atoms with Crippen molar-refractivity contribution in [1.29, 1.82) is 0 Å². The minimum Gasteiger partial charge on any atom is -0.478 e. The molecule has 0 aromatic carbocycles. The molecular formula is C15H17N3O6. The Morgan fingerprint density at radius 1 is 1.50 bits per heavy atom. The third kappa shape index (κ3) is 3.80. The molecule has 1 N–H and O–H groups in total. The van der Waals surface area contributed by atoms with Crippen molar-refractivity contribution < 1.29 is 23.2 Å². The van der Waals surface area contributed by atoms with Crippen molar-refractivity contribution in [3.05, 3.63) is 40.0 Å². The Bertz CT molecular complexity index is 763. The number of nitrogens with one attached hydrogen (secondary N) is 1. The Morgan fingerprint density at radius 3 is 3.12 bits per heavy atom. The second-order valence-corrected chi connectivity index (χ2v) is 5.32. The lowest BCUT2D eigenvalue weighted by atomic mass is 10.2. The first-order chi connectivity index (χ1) is 11.6. The first-order valence-electron chi connectivity index (χ1n) is 7.57. The molecule has 1 atom stereocenters. The smallest absolute Gasteiger partial charge is 0.316 e. The monoisotopic (exact) mass is 335 g/mol. The van der Waals surface area contributed by atoms with E-state index in [1.165, 1.54) is 12.3 Å². The first kappa shape index (κ1) is 16.2. The molecule has 1 aliphatic heterocycles. The zero-order valence-corrected chi connectivity index (χ0v) is 13.1. The van der Waals surface area contributed by atoms with E-state index in [4.69, 9.17) is 18.4 Å². The Labute approximate surface area is 136 Å². The fraction of sp³-hybridized carbons (Fsp3) is 0.467. The van der Waals surface area contributed by atoms with Gasteiger partial charge in [0.15, 0.2) is 6.61 Å². The Balaban J connectivity index is 1.55. The molecule has 2 aromatic heterocycles. The highest BCUT2D eigenvalue weighted by Crippen LogP contribution is 2.13. The van der Waals surface area contributed by atoms with Crippen molar-refractivity contribution in [3.63, 3.8) is 0 Å². The molecule has 1 aliphatic rings. The van der Waals surface area contributed by atoms with Crippen LogP contribution >= 0.6 is 0 Å². The molecule has 9 nitrogen and oxygen atoms in total. The van der Waals surface area contributed by atoms with Gasteiger partial charge in [-0.3, -0.25) is 9.59 Å². The zero-order valence-electron chi connectivity index (χ0n) is 13.1. The molecule has 1 fully saturated rings. The van der Waals surface area contributed by atoms with Crippen LogP contribution in [0.5, 0.6) is 5.75 Å². The van der Waals surface area contributed by atoms with Gasteiger partial charge in [0, 0.05) is 19.2 Å². The molecule has 0 saturated carbocycles. The molecular weight excluding hydrogens is 318 g/mol.